The molecule has 154 valence electrons. The second kappa shape index (κ2) is 9.00. The Morgan fingerprint density at radius 2 is 1.93 bits per heavy atom. The van der Waals surface area contributed by atoms with Crippen molar-refractivity contribution < 1.29 is 14.3 Å². The molecule has 4 rings (SSSR count). The van der Waals surface area contributed by atoms with Gasteiger partial charge in [0.1, 0.15) is 5.75 Å². The lowest BCUT2D eigenvalue weighted by Gasteiger charge is -2.36. The lowest BCUT2D eigenvalue weighted by Crippen LogP contribution is -2.49. The van der Waals surface area contributed by atoms with Crippen molar-refractivity contribution in [2.75, 3.05) is 30.4 Å². The van der Waals surface area contributed by atoms with E-state index in [2.05, 4.69) is 5.32 Å². The minimum absolute atomic E-state index is 0.0677. The number of amides is 3. The Morgan fingerprint density at radius 3 is 2.67 bits per heavy atom. The molecule has 0 atom stereocenters. The molecule has 1 saturated heterocycles. The molecule has 6 nitrogen and oxygen atoms in total. The van der Waals surface area contributed by atoms with Gasteiger partial charge in [0, 0.05) is 25.7 Å². The van der Waals surface area contributed by atoms with Crippen LogP contribution in [0.15, 0.2) is 66.0 Å². The molecule has 2 aromatic carbocycles. The summed E-state index contributed by atoms with van der Waals surface area (Å²) in [6.45, 7) is 1.86. The Balaban J connectivity index is 1.60. The molecule has 0 saturated carbocycles. The predicted molar refractivity (Wildman–Crippen MR) is 119 cm³/mol. The highest BCUT2D eigenvalue weighted by molar-refractivity contribution is 7.12. The van der Waals surface area contributed by atoms with Gasteiger partial charge in [0.15, 0.2) is 0 Å². The topological polar surface area (TPSA) is 61.9 Å². The van der Waals surface area contributed by atoms with E-state index in [0.29, 0.717) is 41.6 Å². The third-order valence-electron chi connectivity index (χ3n) is 5.02. The van der Waals surface area contributed by atoms with Crippen molar-refractivity contribution in [2.24, 2.45) is 0 Å². The van der Waals surface area contributed by atoms with Gasteiger partial charge in [-0.1, -0.05) is 36.4 Å². The standard InChI is InChI=1S/C23H23N3O3S/c1-29-18-10-11-20(19(15-18)24-22(27)21-9-5-14-30-21)26-13-6-12-25(23(26)28)16-17-7-3-2-4-8-17/h2-5,7-11,14-15H,6,12-13,16H2,1H3,(H,24,27). The van der Waals surface area contributed by atoms with Gasteiger partial charge >= 0.3 is 6.03 Å². The van der Waals surface area contributed by atoms with Crippen molar-refractivity contribution in [3.05, 3.63) is 76.5 Å². The molecule has 3 amide bonds. The van der Waals surface area contributed by atoms with Gasteiger partial charge < -0.3 is 15.0 Å². The average molecular weight is 422 g/mol. The molecule has 0 bridgehead atoms. The fraction of sp³-hybridized carbons (Fsp3) is 0.217. The van der Waals surface area contributed by atoms with Crippen LogP contribution in [0.4, 0.5) is 16.2 Å². The zero-order valence-electron chi connectivity index (χ0n) is 16.7. The molecule has 0 unspecified atom stereocenters. The third kappa shape index (κ3) is 4.31. The van der Waals surface area contributed by atoms with Gasteiger partial charge in [0.2, 0.25) is 0 Å². The van der Waals surface area contributed by atoms with Crippen LogP contribution in [0, 0.1) is 0 Å². The lowest BCUT2D eigenvalue weighted by atomic mass is 10.1. The van der Waals surface area contributed by atoms with E-state index in [1.807, 2.05) is 52.7 Å². The molecule has 30 heavy (non-hydrogen) atoms. The number of carbonyl (C=O) groups excluding carboxylic acids is 2. The summed E-state index contributed by atoms with van der Waals surface area (Å²) in [4.78, 5) is 30.1. The van der Waals surface area contributed by atoms with Crippen LogP contribution < -0.4 is 15.0 Å². The fourth-order valence-electron chi connectivity index (χ4n) is 3.52. The van der Waals surface area contributed by atoms with Gasteiger partial charge in [0.05, 0.1) is 23.4 Å². The first-order valence-electron chi connectivity index (χ1n) is 9.79. The molecule has 7 heteroatoms. The minimum Gasteiger partial charge on any atom is -0.497 e. The van der Waals surface area contributed by atoms with E-state index in [1.54, 1.807) is 30.2 Å². The highest BCUT2D eigenvalue weighted by Crippen LogP contribution is 2.33. The van der Waals surface area contributed by atoms with Crippen molar-refractivity contribution in [2.45, 2.75) is 13.0 Å². The summed E-state index contributed by atoms with van der Waals surface area (Å²) < 4.78 is 5.33. The van der Waals surface area contributed by atoms with E-state index in [0.717, 1.165) is 12.0 Å². The fourth-order valence-corrected chi connectivity index (χ4v) is 4.14. The Kier molecular flexibility index (Phi) is 5.99. The van der Waals surface area contributed by atoms with Gasteiger partial charge in [-0.25, -0.2) is 4.79 Å². The molecule has 1 aliphatic rings. The first-order valence-corrected chi connectivity index (χ1v) is 10.7. The van der Waals surface area contributed by atoms with Crippen molar-refractivity contribution in [1.82, 2.24) is 4.90 Å². The van der Waals surface area contributed by atoms with Crippen LogP contribution in [0.1, 0.15) is 21.7 Å². The number of hydrogen-bond acceptors (Lipinski definition) is 4. The number of hydrogen-bond donors (Lipinski definition) is 1. The number of anilines is 2. The van der Waals surface area contributed by atoms with Crippen LogP contribution in [-0.2, 0) is 6.54 Å². The van der Waals surface area contributed by atoms with Crippen LogP contribution in [0.25, 0.3) is 0 Å². The molecule has 1 aromatic heterocycles. The number of nitrogens with one attached hydrogen (secondary N) is 1. The van der Waals surface area contributed by atoms with Gasteiger partial charge in [-0.15, -0.1) is 11.3 Å². The lowest BCUT2D eigenvalue weighted by molar-refractivity contribution is 0.103. The zero-order valence-corrected chi connectivity index (χ0v) is 17.5. The summed E-state index contributed by atoms with van der Waals surface area (Å²) in [7, 11) is 1.58. The maximum Gasteiger partial charge on any atom is 0.324 e. The number of urea groups is 1. The maximum atomic E-state index is 13.3. The maximum absolute atomic E-state index is 13.3. The van der Waals surface area contributed by atoms with Gasteiger partial charge in [-0.3, -0.25) is 9.69 Å². The molecular formula is C23H23N3O3S. The van der Waals surface area contributed by atoms with Crippen molar-refractivity contribution in [3.8, 4) is 5.75 Å². The van der Waals surface area contributed by atoms with Crippen molar-refractivity contribution >= 4 is 34.6 Å². The number of nitrogens with zero attached hydrogens (tertiary/aromatic N) is 2. The van der Waals surface area contributed by atoms with Crippen LogP contribution in [0.2, 0.25) is 0 Å². The van der Waals surface area contributed by atoms with Crippen molar-refractivity contribution in [3.63, 3.8) is 0 Å². The van der Waals surface area contributed by atoms with Crippen LogP contribution in [-0.4, -0.2) is 37.0 Å². The summed E-state index contributed by atoms with van der Waals surface area (Å²) >= 11 is 1.37. The second-order valence-corrected chi connectivity index (χ2v) is 7.96. The smallest absolute Gasteiger partial charge is 0.324 e. The van der Waals surface area contributed by atoms with E-state index >= 15 is 0 Å². The van der Waals surface area contributed by atoms with E-state index < -0.39 is 0 Å². The second-order valence-electron chi connectivity index (χ2n) is 7.01. The van der Waals surface area contributed by atoms with Crippen LogP contribution in [0.5, 0.6) is 5.75 Å². The van der Waals surface area contributed by atoms with Gasteiger partial charge in [0.25, 0.3) is 5.91 Å². The molecule has 1 fully saturated rings. The zero-order chi connectivity index (χ0) is 20.9. The van der Waals surface area contributed by atoms with E-state index in [9.17, 15) is 9.59 Å². The molecule has 3 aromatic rings. The molecule has 0 radical (unpaired) electrons. The Bertz CT molecular complexity index is 1020. The molecule has 1 N–H and O–H groups in total. The van der Waals surface area contributed by atoms with E-state index in [1.165, 1.54) is 11.3 Å². The number of benzene rings is 2. The normalized spacial score (nSPS) is 14.0. The predicted octanol–water partition coefficient (Wildman–Crippen LogP) is 4.84. The van der Waals surface area contributed by atoms with Crippen LogP contribution >= 0.6 is 11.3 Å². The minimum atomic E-state index is -0.204. The number of rotatable bonds is 6. The quantitative estimate of drug-likeness (QED) is 0.619. The highest BCUT2D eigenvalue weighted by Gasteiger charge is 2.29. The van der Waals surface area contributed by atoms with Crippen LogP contribution in [0.3, 0.4) is 0 Å². The first kappa shape index (κ1) is 20.0. The summed E-state index contributed by atoms with van der Waals surface area (Å²) in [5, 5.41) is 4.81. The summed E-state index contributed by atoms with van der Waals surface area (Å²) in [5.41, 5.74) is 2.32. The largest absolute Gasteiger partial charge is 0.497 e. The number of thiophene rings is 1. The third-order valence-corrected chi connectivity index (χ3v) is 5.88. The molecule has 0 spiro atoms. The number of ether oxygens (including phenoxy) is 1. The highest BCUT2D eigenvalue weighted by atomic mass is 32.1. The number of methoxy groups -OCH3 is 1. The number of carbonyl (C=O) groups is 2. The van der Waals surface area contributed by atoms with Crippen molar-refractivity contribution in [1.29, 1.82) is 0 Å². The molecule has 2 heterocycles. The Hall–Kier alpha value is -3.32. The molecular weight excluding hydrogens is 398 g/mol. The summed E-state index contributed by atoms with van der Waals surface area (Å²) in [6.07, 6.45) is 0.850. The van der Waals surface area contributed by atoms with E-state index in [-0.39, 0.29) is 11.9 Å². The Morgan fingerprint density at radius 1 is 1.10 bits per heavy atom. The summed E-state index contributed by atoms with van der Waals surface area (Å²) in [6, 6.07) is 18.9. The monoisotopic (exact) mass is 421 g/mol. The SMILES string of the molecule is COc1ccc(N2CCCN(Cc3ccccc3)C2=O)c(NC(=O)c2cccs2)c1. The average Bonchev–Trinajstić information content (AvgIpc) is 3.31. The molecule has 1 aliphatic heterocycles. The van der Waals surface area contributed by atoms with Gasteiger partial charge in [-0.05, 0) is 35.6 Å². The first-order chi connectivity index (χ1) is 14.7. The Labute approximate surface area is 179 Å². The van der Waals surface area contributed by atoms with Gasteiger partial charge in [-0.2, -0.15) is 0 Å². The molecule has 0 aliphatic carbocycles. The summed E-state index contributed by atoms with van der Waals surface area (Å²) in [5.74, 6) is 0.413. The van der Waals surface area contributed by atoms with E-state index in [4.69, 9.17) is 4.74 Å².